The van der Waals surface area contributed by atoms with E-state index in [2.05, 4.69) is 25.9 Å². The summed E-state index contributed by atoms with van der Waals surface area (Å²) in [6, 6.07) is 0. The van der Waals surface area contributed by atoms with E-state index >= 15 is 0 Å². The topological polar surface area (TPSA) is 46.5 Å². The number of carbonyl (C=O) groups excluding carboxylic acids is 1. The zero-order valence-corrected chi connectivity index (χ0v) is 7.13. The van der Waals surface area contributed by atoms with Crippen LogP contribution in [0.5, 0.6) is 0 Å². The second-order valence-corrected chi connectivity index (χ2v) is 3.91. The summed E-state index contributed by atoms with van der Waals surface area (Å²) >= 11 is 0. The molecule has 1 rings (SSSR count). The van der Waals surface area contributed by atoms with Crippen molar-refractivity contribution >= 4 is 5.91 Å². The highest BCUT2D eigenvalue weighted by atomic mass is 16.3. The van der Waals surface area contributed by atoms with Crippen LogP contribution in [0.25, 0.3) is 0 Å². The largest absolute Gasteiger partial charge is 0.286 e. The van der Waals surface area contributed by atoms with Crippen molar-refractivity contribution in [3.8, 4) is 0 Å². The highest BCUT2D eigenvalue weighted by Gasteiger charge is 2.54. The average Bonchev–Trinajstić information content (AvgIpc) is 2.39. The standard InChI is InChI=1S/C8H13NO2/c1-5-6(8(5,2)3)4-7(10)9-11/h5-6H,4H2,1-3H3. The Morgan fingerprint density at radius 2 is 2.00 bits per heavy atom. The molecule has 0 N–H and O–H groups in total. The molecule has 2 unspecified atom stereocenters. The molecule has 0 spiro atoms. The molecule has 11 heavy (non-hydrogen) atoms. The van der Waals surface area contributed by atoms with Gasteiger partial charge in [0.1, 0.15) is 0 Å². The molecular weight excluding hydrogens is 142 g/mol. The molecule has 0 aromatic rings. The maximum absolute atomic E-state index is 10.6. The number of nitrogens with zero attached hydrogens (tertiary/aromatic N) is 1. The van der Waals surface area contributed by atoms with Gasteiger partial charge in [-0.05, 0) is 17.3 Å². The molecule has 1 aliphatic rings. The van der Waals surface area contributed by atoms with Crippen molar-refractivity contribution in [3.05, 3.63) is 4.91 Å². The van der Waals surface area contributed by atoms with Crippen LogP contribution >= 0.6 is 0 Å². The van der Waals surface area contributed by atoms with Crippen molar-refractivity contribution < 1.29 is 4.79 Å². The number of amides is 1. The third kappa shape index (κ3) is 1.32. The molecule has 0 saturated heterocycles. The average molecular weight is 155 g/mol. The zero-order chi connectivity index (χ0) is 8.65. The normalized spacial score (nSPS) is 33.0. The van der Waals surface area contributed by atoms with Gasteiger partial charge in [0.25, 0.3) is 5.91 Å². The molecule has 0 bridgehead atoms. The molecule has 2 atom stereocenters. The Morgan fingerprint density at radius 1 is 1.55 bits per heavy atom. The Kier molecular flexibility index (Phi) is 1.82. The first-order valence-corrected chi connectivity index (χ1v) is 3.86. The van der Waals surface area contributed by atoms with E-state index in [1.165, 1.54) is 0 Å². The molecule has 62 valence electrons. The van der Waals surface area contributed by atoms with E-state index < -0.39 is 5.91 Å². The minimum atomic E-state index is -0.507. The van der Waals surface area contributed by atoms with Gasteiger partial charge in [-0.3, -0.25) is 4.79 Å². The third-order valence-corrected chi connectivity index (χ3v) is 3.12. The summed E-state index contributed by atoms with van der Waals surface area (Å²) in [6.45, 7) is 6.32. The minimum absolute atomic E-state index is 0.236. The molecule has 0 heterocycles. The SMILES string of the molecule is CC1C(CC(=O)N=O)C1(C)C. The molecule has 3 nitrogen and oxygen atoms in total. The van der Waals surface area contributed by atoms with Crippen LogP contribution in [-0.2, 0) is 4.79 Å². The number of hydrogen-bond donors (Lipinski definition) is 0. The van der Waals surface area contributed by atoms with Gasteiger partial charge in [-0.25, -0.2) is 0 Å². The van der Waals surface area contributed by atoms with Gasteiger partial charge in [-0.2, -0.15) is 0 Å². The fourth-order valence-electron chi connectivity index (χ4n) is 1.68. The first-order chi connectivity index (χ1) is 5.00. The van der Waals surface area contributed by atoms with Gasteiger partial charge in [0.15, 0.2) is 0 Å². The quantitative estimate of drug-likeness (QED) is 0.572. The molecule has 1 aliphatic carbocycles. The summed E-state index contributed by atoms with van der Waals surface area (Å²) in [5.74, 6) is 0.410. The van der Waals surface area contributed by atoms with E-state index in [1.807, 2.05) is 0 Å². The van der Waals surface area contributed by atoms with Crippen LogP contribution < -0.4 is 0 Å². The van der Waals surface area contributed by atoms with Crippen LogP contribution in [-0.4, -0.2) is 5.91 Å². The summed E-state index contributed by atoms with van der Waals surface area (Å²) in [5.41, 5.74) is 0.236. The minimum Gasteiger partial charge on any atom is -0.269 e. The van der Waals surface area contributed by atoms with Crippen molar-refractivity contribution in [2.24, 2.45) is 22.4 Å². The smallest absolute Gasteiger partial charge is 0.269 e. The first kappa shape index (κ1) is 8.37. The zero-order valence-electron chi connectivity index (χ0n) is 7.13. The van der Waals surface area contributed by atoms with Crippen molar-refractivity contribution in [2.75, 3.05) is 0 Å². The first-order valence-electron chi connectivity index (χ1n) is 3.86. The van der Waals surface area contributed by atoms with E-state index in [-0.39, 0.29) is 5.41 Å². The van der Waals surface area contributed by atoms with Gasteiger partial charge in [0.2, 0.25) is 0 Å². The molecule has 0 aliphatic heterocycles. The maximum atomic E-state index is 10.6. The van der Waals surface area contributed by atoms with Gasteiger partial charge in [-0.15, -0.1) is 4.91 Å². The van der Waals surface area contributed by atoms with E-state index in [4.69, 9.17) is 0 Å². The monoisotopic (exact) mass is 155 g/mol. The molecule has 0 radical (unpaired) electrons. The predicted octanol–water partition coefficient (Wildman–Crippen LogP) is 1.96. The lowest BCUT2D eigenvalue weighted by Crippen LogP contribution is -1.97. The Labute approximate surface area is 66.1 Å². The highest BCUT2D eigenvalue weighted by molar-refractivity contribution is 5.77. The molecule has 1 saturated carbocycles. The highest BCUT2D eigenvalue weighted by Crippen LogP contribution is 2.59. The van der Waals surface area contributed by atoms with Crippen LogP contribution in [0, 0.1) is 22.2 Å². The lowest BCUT2D eigenvalue weighted by Gasteiger charge is -1.97. The van der Waals surface area contributed by atoms with E-state index in [0.29, 0.717) is 18.3 Å². The van der Waals surface area contributed by atoms with Crippen LogP contribution in [0.3, 0.4) is 0 Å². The Morgan fingerprint density at radius 3 is 2.27 bits per heavy atom. The second-order valence-electron chi connectivity index (χ2n) is 3.91. The number of hydrogen-bond acceptors (Lipinski definition) is 2. The number of nitroso groups, excluding NO2 is 1. The summed E-state index contributed by atoms with van der Waals surface area (Å²) < 4.78 is 0. The lowest BCUT2D eigenvalue weighted by atomic mass is 10.1. The summed E-state index contributed by atoms with van der Waals surface area (Å²) in [5, 5.41) is 2.38. The number of rotatable bonds is 2. The fourth-order valence-corrected chi connectivity index (χ4v) is 1.68. The van der Waals surface area contributed by atoms with E-state index in [1.54, 1.807) is 0 Å². The van der Waals surface area contributed by atoms with Crippen LogP contribution in [0.2, 0.25) is 0 Å². The Balaban J connectivity index is 2.43. The van der Waals surface area contributed by atoms with Gasteiger partial charge in [0.05, 0.1) is 0 Å². The molecule has 1 amide bonds. The summed E-state index contributed by atoms with van der Waals surface area (Å²) in [4.78, 5) is 20.4. The summed E-state index contributed by atoms with van der Waals surface area (Å²) in [6.07, 6.45) is 0.331. The van der Waals surface area contributed by atoms with Gasteiger partial charge < -0.3 is 0 Å². The van der Waals surface area contributed by atoms with Gasteiger partial charge >= 0.3 is 0 Å². The van der Waals surface area contributed by atoms with Crippen molar-refractivity contribution in [1.29, 1.82) is 0 Å². The molecule has 0 aromatic heterocycles. The summed E-state index contributed by atoms with van der Waals surface area (Å²) in [7, 11) is 0. The molecule has 3 heteroatoms. The van der Waals surface area contributed by atoms with Crippen molar-refractivity contribution in [1.82, 2.24) is 0 Å². The second kappa shape index (κ2) is 2.40. The fraction of sp³-hybridized carbons (Fsp3) is 0.875. The van der Waals surface area contributed by atoms with E-state index in [0.717, 1.165) is 0 Å². The predicted molar refractivity (Wildman–Crippen MR) is 41.9 cm³/mol. The van der Waals surface area contributed by atoms with Gasteiger partial charge in [0, 0.05) is 11.6 Å². The van der Waals surface area contributed by atoms with Crippen LogP contribution in [0.4, 0.5) is 0 Å². The molecule has 1 fully saturated rings. The molecule has 0 aromatic carbocycles. The Bertz CT molecular complexity index is 198. The van der Waals surface area contributed by atoms with E-state index in [9.17, 15) is 9.70 Å². The van der Waals surface area contributed by atoms with Crippen LogP contribution in [0.15, 0.2) is 5.18 Å². The molecular formula is C8H13NO2. The van der Waals surface area contributed by atoms with Crippen LogP contribution in [0.1, 0.15) is 27.2 Å². The third-order valence-electron chi connectivity index (χ3n) is 3.12. The Hall–Kier alpha value is -0.730. The van der Waals surface area contributed by atoms with Gasteiger partial charge in [-0.1, -0.05) is 20.8 Å². The number of carbonyl (C=O) groups is 1. The van der Waals surface area contributed by atoms with Crippen molar-refractivity contribution in [3.63, 3.8) is 0 Å². The lowest BCUT2D eigenvalue weighted by molar-refractivity contribution is -0.118. The maximum Gasteiger partial charge on any atom is 0.286 e. The van der Waals surface area contributed by atoms with Crippen molar-refractivity contribution in [2.45, 2.75) is 27.2 Å².